The van der Waals surface area contributed by atoms with Crippen molar-refractivity contribution < 1.29 is 9.53 Å². The van der Waals surface area contributed by atoms with Crippen molar-refractivity contribution >= 4 is 11.7 Å². The first-order chi connectivity index (χ1) is 11.7. The van der Waals surface area contributed by atoms with Gasteiger partial charge in [0.05, 0.1) is 18.9 Å². The molecule has 6 heteroatoms. The Morgan fingerprint density at radius 1 is 1.33 bits per heavy atom. The van der Waals surface area contributed by atoms with Gasteiger partial charge in [-0.05, 0) is 25.5 Å². The maximum atomic E-state index is 12.1. The number of aromatic nitrogens is 2. The lowest BCUT2D eigenvalue weighted by Crippen LogP contribution is -2.37. The van der Waals surface area contributed by atoms with Gasteiger partial charge in [-0.15, -0.1) is 0 Å². The first-order valence-corrected chi connectivity index (χ1v) is 8.44. The maximum Gasteiger partial charge on any atom is 0.225 e. The normalized spacial score (nSPS) is 15.4. The lowest BCUT2D eigenvalue weighted by atomic mass is 10.1. The average molecular weight is 328 g/mol. The van der Waals surface area contributed by atoms with Crippen LogP contribution in [0.3, 0.4) is 0 Å². The minimum absolute atomic E-state index is 0.00564. The van der Waals surface area contributed by atoms with Crippen LogP contribution in [0, 0.1) is 6.92 Å². The maximum absolute atomic E-state index is 12.1. The molecule has 0 unspecified atom stereocenters. The van der Waals surface area contributed by atoms with Crippen LogP contribution in [-0.4, -0.2) is 53.9 Å². The van der Waals surface area contributed by atoms with Gasteiger partial charge in [-0.2, -0.15) is 5.10 Å². The van der Waals surface area contributed by atoms with E-state index in [9.17, 15) is 4.79 Å². The number of hydrogen-bond donors (Lipinski definition) is 2. The van der Waals surface area contributed by atoms with Gasteiger partial charge in [0.2, 0.25) is 5.91 Å². The Bertz CT molecular complexity index is 677. The van der Waals surface area contributed by atoms with Crippen LogP contribution in [0.5, 0.6) is 0 Å². The third kappa shape index (κ3) is 4.43. The van der Waals surface area contributed by atoms with Crippen molar-refractivity contribution in [2.24, 2.45) is 0 Å². The summed E-state index contributed by atoms with van der Waals surface area (Å²) in [6.45, 7) is 6.50. The van der Waals surface area contributed by atoms with Gasteiger partial charge >= 0.3 is 0 Å². The van der Waals surface area contributed by atoms with Crippen LogP contribution < -0.4 is 5.32 Å². The molecule has 128 valence electrons. The molecule has 1 fully saturated rings. The Kier molecular flexibility index (Phi) is 5.61. The van der Waals surface area contributed by atoms with Crippen molar-refractivity contribution in [3.63, 3.8) is 0 Å². The van der Waals surface area contributed by atoms with Crippen molar-refractivity contribution in [2.75, 3.05) is 38.2 Å². The summed E-state index contributed by atoms with van der Waals surface area (Å²) in [5.74, 6) is 0.579. The molecule has 2 heterocycles. The highest BCUT2D eigenvalue weighted by Crippen LogP contribution is 2.23. The fraction of sp³-hybridized carbons (Fsp3) is 0.444. The number of amides is 1. The number of rotatable bonds is 6. The highest BCUT2D eigenvalue weighted by Gasteiger charge is 2.12. The SMILES string of the molecule is Cc1ccccc1-c1cc(NC(=O)CCCN2CCOCC2)n[nH]1. The molecule has 0 saturated carbocycles. The van der Waals surface area contributed by atoms with Gasteiger partial charge < -0.3 is 10.1 Å². The van der Waals surface area contributed by atoms with Crippen LogP contribution in [0.2, 0.25) is 0 Å². The Hall–Kier alpha value is -2.18. The number of nitrogens with zero attached hydrogens (tertiary/aromatic N) is 2. The van der Waals surface area contributed by atoms with E-state index in [1.807, 2.05) is 24.3 Å². The first kappa shape index (κ1) is 16.7. The van der Waals surface area contributed by atoms with Gasteiger partial charge in [0.1, 0.15) is 0 Å². The van der Waals surface area contributed by atoms with E-state index in [0.717, 1.165) is 50.5 Å². The fourth-order valence-electron chi connectivity index (χ4n) is 2.89. The van der Waals surface area contributed by atoms with Crippen molar-refractivity contribution in [3.8, 4) is 11.3 Å². The number of anilines is 1. The highest BCUT2D eigenvalue weighted by atomic mass is 16.5. The van der Waals surface area contributed by atoms with Gasteiger partial charge in [-0.3, -0.25) is 14.8 Å². The van der Waals surface area contributed by atoms with Gasteiger partial charge in [0.15, 0.2) is 5.82 Å². The minimum atomic E-state index is 0.00564. The molecule has 1 aliphatic heterocycles. The summed E-state index contributed by atoms with van der Waals surface area (Å²) in [7, 11) is 0. The average Bonchev–Trinajstić information content (AvgIpc) is 3.04. The van der Waals surface area contributed by atoms with Crippen LogP contribution in [0.4, 0.5) is 5.82 Å². The second-order valence-corrected chi connectivity index (χ2v) is 6.09. The monoisotopic (exact) mass is 328 g/mol. The van der Waals surface area contributed by atoms with Crippen molar-refractivity contribution in [1.29, 1.82) is 0 Å². The zero-order chi connectivity index (χ0) is 16.8. The van der Waals surface area contributed by atoms with E-state index < -0.39 is 0 Å². The molecular formula is C18H24N4O2. The third-order valence-corrected chi connectivity index (χ3v) is 4.26. The van der Waals surface area contributed by atoms with E-state index in [1.54, 1.807) is 0 Å². The molecule has 2 aromatic rings. The van der Waals surface area contributed by atoms with Crippen LogP contribution in [0.15, 0.2) is 30.3 Å². The molecule has 0 aliphatic carbocycles. The number of H-pyrrole nitrogens is 1. The van der Waals surface area contributed by atoms with E-state index in [1.165, 1.54) is 5.56 Å². The molecule has 1 saturated heterocycles. The summed E-state index contributed by atoms with van der Waals surface area (Å²) in [5, 5.41) is 10.0. The van der Waals surface area contributed by atoms with Crippen molar-refractivity contribution in [1.82, 2.24) is 15.1 Å². The minimum Gasteiger partial charge on any atom is -0.379 e. The van der Waals surface area contributed by atoms with Crippen LogP contribution in [0.25, 0.3) is 11.3 Å². The quantitative estimate of drug-likeness (QED) is 0.854. The second kappa shape index (κ2) is 8.08. The van der Waals surface area contributed by atoms with Crippen molar-refractivity contribution in [2.45, 2.75) is 19.8 Å². The summed E-state index contributed by atoms with van der Waals surface area (Å²) in [5.41, 5.74) is 3.18. The molecule has 1 aromatic carbocycles. The van der Waals surface area contributed by atoms with E-state index >= 15 is 0 Å². The molecular weight excluding hydrogens is 304 g/mol. The van der Waals surface area contributed by atoms with Gasteiger partial charge in [-0.25, -0.2) is 0 Å². The molecule has 0 spiro atoms. The topological polar surface area (TPSA) is 70.2 Å². The predicted molar refractivity (Wildman–Crippen MR) is 93.9 cm³/mol. The Morgan fingerprint density at radius 2 is 2.12 bits per heavy atom. The van der Waals surface area contributed by atoms with Crippen LogP contribution in [-0.2, 0) is 9.53 Å². The number of aryl methyl sites for hydroxylation is 1. The molecule has 6 nitrogen and oxygen atoms in total. The summed E-state index contributed by atoms with van der Waals surface area (Å²) in [4.78, 5) is 14.4. The lowest BCUT2D eigenvalue weighted by Gasteiger charge is -2.26. The number of hydrogen-bond acceptors (Lipinski definition) is 4. The van der Waals surface area contributed by atoms with E-state index in [4.69, 9.17) is 4.74 Å². The number of aromatic amines is 1. The third-order valence-electron chi connectivity index (χ3n) is 4.26. The van der Waals surface area contributed by atoms with Crippen LogP contribution >= 0.6 is 0 Å². The molecule has 2 N–H and O–H groups in total. The summed E-state index contributed by atoms with van der Waals surface area (Å²) >= 11 is 0. The standard InChI is InChI=1S/C18H24N4O2/c1-14-5-2-3-6-15(14)16-13-17(21-20-16)19-18(23)7-4-8-22-9-11-24-12-10-22/h2-3,5-6,13H,4,7-12H2,1H3,(H2,19,20,21,23). The second-order valence-electron chi connectivity index (χ2n) is 6.09. The number of carbonyl (C=O) groups excluding carboxylic acids is 1. The highest BCUT2D eigenvalue weighted by molar-refractivity contribution is 5.90. The zero-order valence-corrected chi connectivity index (χ0v) is 14.0. The molecule has 0 atom stereocenters. The van der Waals surface area contributed by atoms with E-state index in [0.29, 0.717) is 12.2 Å². The molecule has 0 radical (unpaired) electrons. The van der Waals surface area contributed by atoms with E-state index in [-0.39, 0.29) is 5.91 Å². The molecule has 0 bridgehead atoms. The fourth-order valence-corrected chi connectivity index (χ4v) is 2.89. The molecule has 1 amide bonds. The first-order valence-electron chi connectivity index (χ1n) is 8.44. The molecule has 1 aliphatic rings. The van der Waals surface area contributed by atoms with Crippen LogP contribution in [0.1, 0.15) is 18.4 Å². The number of ether oxygens (including phenoxy) is 1. The summed E-state index contributed by atoms with van der Waals surface area (Å²) < 4.78 is 5.32. The summed E-state index contributed by atoms with van der Waals surface area (Å²) in [6.07, 6.45) is 1.35. The number of nitrogens with one attached hydrogen (secondary N) is 2. The van der Waals surface area contributed by atoms with Crippen molar-refractivity contribution in [3.05, 3.63) is 35.9 Å². The Morgan fingerprint density at radius 3 is 2.92 bits per heavy atom. The number of benzene rings is 1. The zero-order valence-electron chi connectivity index (χ0n) is 14.0. The van der Waals surface area contributed by atoms with Gasteiger partial charge in [-0.1, -0.05) is 24.3 Å². The largest absolute Gasteiger partial charge is 0.379 e. The molecule has 3 rings (SSSR count). The Balaban J connectivity index is 1.47. The summed E-state index contributed by atoms with van der Waals surface area (Å²) in [6, 6.07) is 9.97. The van der Waals surface area contributed by atoms with Gasteiger partial charge in [0.25, 0.3) is 0 Å². The number of morpholine rings is 1. The van der Waals surface area contributed by atoms with Gasteiger partial charge in [0, 0.05) is 31.1 Å². The molecule has 1 aromatic heterocycles. The van der Waals surface area contributed by atoms with E-state index in [2.05, 4.69) is 33.4 Å². The Labute approximate surface area is 142 Å². The smallest absolute Gasteiger partial charge is 0.225 e. The lowest BCUT2D eigenvalue weighted by molar-refractivity contribution is -0.116. The molecule has 24 heavy (non-hydrogen) atoms. The predicted octanol–water partition coefficient (Wildman–Crippen LogP) is 2.44. The number of carbonyl (C=O) groups is 1.